The Labute approximate surface area is 97.6 Å². The molecule has 0 aliphatic heterocycles. The van der Waals surface area contributed by atoms with Crippen LogP contribution in [0.1, 0.15) is 39.5 Å². The number of aliphatic hydroxyl groups is 1. The van der Waals surface area contributed by atoms with E-state index in [4.69, 9.17) is 5.73 Å². The van der Waals surface area contributed by atoms with Gasteiger partial charge in [-0.1, -0.05) is 13.8 Å². The van der Waals surface area contributed by atoms with E-state index in [1.54, 1.807) is 0 Å². The van der Waals surface area contributed by atoms with Crippen LogP contribution in [-0.4, -0.2) is 29.7 Å². The molecule has 4 heteroatoms. The van der Waals surface area contributed by atoms with Gasteiger partial charge in [-0.3, -0.25) is 4.79 Å². The summed E-state index contributed by atoms with van der Waals surface area (Å²) in [6.45, 7) is 4.59. The standard InChI is InChI=1S/C12H24N2O2/c1-8(2)11(13)12(16)14-7-9-3-5-10(15)6-4-9/h8-11,15H,3-7,13H2,1-2H3,(H,14,16). The summed E-state index contributed by atoms with van der Waals surface area (Å²) < 4.78 is 0. The molecular formula is C12H24N2O2. The highest BCUT2D eigenvalue weighted by Crippen LogP contribution is 2.23. The van der Waals surface area contributed by atoms with E-state index in [9.17, 15) is 9.90 Å². The van der Waals surface area contributed by atoms with Gasteiger partial charge in [0.2, 0.25) is 5.91 Å². The van der Waals surface area contributed by atoms with Crippen molar-refractivity contribution in [3.05, 3.63) is 0 Å². The molecule has 0 aromatic rings. The van der Waals surface area contributed by atoms with Gasteiger partial charge in [-0.05, 0) is 37.5 Å². The molecule has 94 valence electrons. The summed E-state index contributed by atoms with van der Waals surface area (Å²) in [5.41, 5.74) is 5.75. The molecule has 0 bridgehead atoms. The predicted molar refractivity (Wildman–Crippen MR) is 63.8 cm³/mol. The first kappa shape index (κ1) is 13.5. The maximum absolute atomic E-state index is 11.6. The van der Waals surface area contributed by atoms with Crippen LogP contribution in [0.3, 0.4) is 0 Å². The molecule has 1 atom stereocenters. The molecule has 0 radical (unpaired) electrons. The molecule has 1 unspecified atom stereocenters. The second-order valence-corrected chi connectivity index (χ2v) is 5.19. The third-order valence-corrected chi connectivity index (χ3v) is 3.40. The van der Waals surface area contributed by atoms with Crippen LogP contribution in [-0.2, 0) is 4.79 Å². The monoisotopic (exact) mass is 228 g/mol. The molecule has 0 saturated heterocycles. The minimum absolute atomic E-state index is 0.0545. The second kappa shape index (κ2) is 6.21. The van der Waals surface area contributed by atoms with E-state index < -0.39 is 6.04 Å². The summed E-state index contributed by atoms with van der Waals surface area (Å²) in [6.07, 6.45) is 3.58. The number of carbonyl (C=O) groups excluding carboxylic acids is 1. The first-order valence-corrected chi connectivity index (χ1v) is 6.22. The molecule has 4 nitrogen and oxygen atoms in total. The van der Waals surface area contributed by atoms with Gasteiger partial charge in [0.1, 0.15) is 0 Å². The molecule has 1 aliphatic carbocycles. The largest absolute Gasteiger partial charge is 0.393 e. The fourth-order valence-electron chi connectivity index (χ4n) is 2.01. The van der Waals surface area contributed by atoms with Crippen molar-refractivity contribution in [1.29, 1.82) is 0 Å². The van der Waals surface area contributed by atoms with Crippen molar-refractivity contribution in [3.8, 4) is 0 Å². The van der Waals surface area contributed by atoms with Gasteiger partial charge >= 0.3 is 0 Å². The Balaban J connectivity index is 2.22. The van der Waals surface area contributed by atoms with Gasteiger partial charge in [-0.2, -0.15) is 0 Å². The van der Waals surface area contributed by atoms with Crippen molar-refractivity contribution in [2.24, 2.45) is 17.6 Å². The van der Waals surface area contributed by atoms with E-state index in [1.165, 1.54) is 0 Å². The first-order chi connectivity index (χ1) is 7.50. The topological polar surface area (TPSA) is 75.4 Å². The Morgan fingerprint density at radius 3 is 2.44 bits per heavy atom. The zero-order chi connectivity index (χ0) is 12.1. The second-order valence-electron chi connectivity index (χ2n) is 5.19. The van der Waals surface area contributed by atoms with Crippen molar-refractivity contribution < 1.29 is 9.90 Å². The Morgan fingerprint density at radius 2 is 1.94 bits per heavy atom. The van der Waals surface area contributed by atoms with E-state index in [1.807, 2.05) is 13.8 Å². The first-order valence-electron chi connectivity index (χ1n) is 6.22. The molecule has 16 heavy (non-hydrogen) atoms. The fourth-order valence-corrected chi connectivity index (χ4v) is 2.01. The van der Waals surface area contributed by atoms with Crippen LogP contribution in [0.5, 0.6) is 0 Å². The normalized spacial score (nSPS) is 27.8. The van der Waals surface area contributed by atoms with E-state index in [-0.39, 0.29) is 17.9 Å². The third-order valence-electron chi connectivity index (χ3n) is 3.40. The van der Waals surface area contributed by atoms with Crippen molar-refractivity contribution in [3.63, 3.8) is 0 Å². The van der Waals surface area contributed by atoms with Gasteiger partial charge < -0.3 is 16.2 Å². The summed E-state index contributed by atoms with van der Waals surface area (Å²) in [5, 5.41) is 12.3. The smallest absolute Gasteiger partial charge is 0.237 e. The molecule has 0 aromatic carbocycles. The summed E-state index contributed by atoms with van der Waals surface area (Å²) in [5.74, 6) is 0.626. The van der Waals surface area contributed by atoms with Gasteiger partial charge in [0.15, 0.2) is 0 Å². The Morgan fingerprint density at radius 1 is 1.38 bits per heavy atom. The Bertz CT molecular complexity index is 223. The minimum atomic E-state index is -0.408. The maximum atomic E-state index is 11.6. The average molecular weight is 228 g/mol. The zero-order valence-electron chi connectivity index (χ0n) is 10.3. The zero-order valence-corrected chi connectivity index (χ0v) is 10.3. The van der Waals surface area contributed by atoms with E-state index >= 15 is 0 Å². The highest BCUT2D eigenvalue weighted by molar-refractivity contribution is 5.81. The van der Waals surface area contributed by atoms with Crippen molar-refractivity contribution in [1.82, 2.24) is 5.32 Å². The van der Waals surface area contributed by atoms with Crippen LogP contribution in [0.25, 0.3) is 0 Å². The lowest BCUT2D eigenvalue weighted by Crippen LogP contribution is -2.45. The van der Waals surface area contributed by atoms with Crippen molar-refractivity contribution >= 4 is 5.91 Å². The SMILES string of the molecule is CC(C)C(N)C(=O)NCC1CCC(O)CC1. The van der Waals surface area contributed by atoms with E-state index in [2.05, 4.69) is 5.32 Å². The predicted octanol–water partition coefficient (Wildman–Crippen LogP) is 0.637. The van der Waals surface area contributed by atoms with Crippen molar-refractivity contribution in [2.75, 3.05) is 6.54 Å². The average Bonchev–Trinajstić information content (AvgIpc) is 2.26. The van der Waals surface area contributed by atoms with Crippen LogP contribution < -0.4 is 11.1 Å². The van der Waals surface area contributed by atoms with Gasteiger partial charge in [-0.25, -0.2) is 0 Å². The Kier molecular flexibility index (Phi) is 5.22. The van der Waals surface area contributed by atoms with Crippen LogP contribution in [0.2, 0.25) is 0 Å². The quantitative estimate of drug-likeness (QED) is 0.661. The van der Waals surface area contributed by atoms with Gasteiger partial charge in [0.05, 0.1) is 12.1 Å². The molecule has 1 aliphatic rings. The molecule has 1 fully saturated rings. The van der Waals surface area contributed by atoms with Crippen LogP contribution in [0.4, 0.5) is 0 Å². The molecular weight excluding hydrogens is 204 g/mol. The summed E-state index contributed by atoms with van der Waals surface area (Å²) in [6, 6.07) is -0.408. The highest BCUT2D eigenvalue weighted by Gasteiger charge is 2.22. The number of hydrogen-bond acceptors (Lipinski definition) is 3. The summed E-state index contributed by atoms with van der Waals surface area (Å²) in [4.78, 5) is 11.6. The molecule has 1 amide bonds. The number of hydrogen-bond donors (Lipinski definition) is 3. The van der Waals surface area contributed by atoms with Gasteiger partial charge in [0.25, 0.3) is 0 Å². The molecule has 0 aromatic heterocycles. The molecule has 0 spiro atoms. The minimum Gasteiger partial charge on any atom is -0.393 e. The lowest BCUT2D eigenvalue weighted by molar-refractivity contribution is -0.123. The number of nitrogens with two attached hydrogens (primary N) is 1. The molecule has 1 rings (SSSR count). The summed E-state index contributed by atoms with van der Waals surface area (Å²) in [7, 11) is 0. The lowest BCUT2D eigenvalue weighted by atomic mass is 9.87. The van der Waals surface area contributed by atoms with Crippen LogP contribution in [0.15, 0.2) is 0 Å². The number of rotatable bonds is 4. The van der Waals surface area contributed by atoms with Crippen LogP contribution >= 0.6 is 0 Å². The van der Waals surface area contributed by atoms with Crippen molar-refractivity contribution in [2.45, 2.75) is 51.7 Å². The molecule has 1 saturated carbocycles. The van der Waals surface area contributed by atoms with Crippen LogP contribution in [0, 0.1) is 11.8 Å². The lowest BCUT2D eigenvalue weighted by Gasteiger charge is -2.26. The van der Waals surface area contributed by atoms with Gasteiger partial charge in [-0.15, -0.1) is 0 Å². The number of nitrogens with one attached hydrogen (secondary N) is 1. The highest BCUT2D eigenvalue weighted by atomic mass is 16.3. The number of amides is 1. The third kappa shape index (κ3) is 4.10. The number of carbonyl (C=O) groups is 1. The summed E-state index contributed by atoms with van der Waals surface area (Å²) >= 11 is 0. The fraction of sp³-hybridized carbons (Fsp3) is 0.917. The molecule has 4 N–H and O–H groups in total. The number of aliphatic hydroxyl groups excluding tert-OH is 1. The van der Waals surface area contributed by atoms with E-state index in [0.717, 1.165) is 25.7 Å². The van der Waals surface area contributed by atoms with Gasteiger partial charge in [0, 0.05) is 6.54 Å². The molecule has 0 heterocycles. The van der Waals surface area contributed by atoms with E-state index in [0.29, 0.717) is 12.5 Å². The maximum Gasteiger partial charge on any atom is 0.237 e. The Hall–Kier alpha value is -0.610.